The molecule has 2 rings (SSSR count). The highest BCUT2D eigenvalue weighted by Gasteiger charge is 2.52. The lowest BCUT2D eigenvalue weighted by atomic mass is 9.77. The SMILES string of the molecule is CC1(C)OB(c2cc(C(O)C(F)(F)F)ccc2F)OC1(C)C. The molecular weight excluding hydrogens is 303 g/mol. The number of hydrogen-bond acceptors (Lipinski definition) is 3. The first-order chi connectivity index (χ1) is 9.85. The summed E-state index contributed by atoms with van der Waals surface area (Å²) in [4.78, 5) is 0. The van der Waals surface area contributed by atoms with E-state index in [4.69, 9.17) is 9.31 Å². The van der Waals surface area contributed by atoms with E-state index in [0.717, 1.165) is 18.2 Å². The molecule has 1 saturated heterocycles. The quantitative estimate of drug-likeness (QED) is 0.673. The van der Waals surface area contributed by atoms with Crippen molar-refractivity contribution in [3.8, 4) is 0 Å². The van der Waals surface area contributed by atoms with Gasteiger partial charge in [-0.3, -0.25) is 0 Å². The molecule has 3 nitrogen and oxygen atoms in total. The van der Waals surface area contributed by atoms with Crippen LogP contribution in [-0.4, -0.2) is 29.6 Å². The minimum Gasteiger partial charge on any atom is -0.399 e. The molecule has 0 spiro atoms. The predicted molar refractivity (Wildman–Crippen MR) is 73.1 cm³/mol. The third-order valence-corrected chi connectivity index (χ3v) is 4.15. The summed E-state index contributed by atoms with van der Waals surface area (Å²) in [7, 11) is -1.13. The summed E-state index contributed by atoms with van der Waals surface area (Å²) in [5, 5.41) is 9.29. The largest absolute Gasteiger partial charge is 0.497 e. The highest BCUT2D eigenvalue weighted by Crippen LogP contribution is 2.37. The fourth-order valence-corrected chi connectivity index (χ4v) is 2.07. The van der Waals surface area contributed by atoms with Crippen LogP contribution >= 0.6 is 0 Å². The van der Waals surface area contributed by atoms with Crippen molar-refractivity contribution in [3.05, 3.63) is 29.6 Å². The number of alkyl halides is 3. The molecule has 0 amide bonds. The van der Waals surface area contributed by atoms with Crippen LogP contribution in [0.1, 0.15) is 39.4 Å². The fourth-order valence-electron chi connectivity index (χ4n) is 2.07. The molecule has 0 radical (unpaired) electrons. The molecule has 0 aliphatic carbocycles. The molecular formula is C14H17BF4O3. The number of halogens is 4. The maximum atomic E-state index is 14.0. The van der Waals surface area contributed by atoms with E-state index in [1.165, 1.54) is 0 Å². The first-order valence-electron chi connectivity index (χ1n) is 6.75. The Morgan fingerprint density at radius 3 is 2.05 bits per heavy atom. The molecule has 0 aromatic heterocycles. The highest BCUT2D eigenvalue weighted by atomic mass is 19.4. The normalized spacial score (nSPS) is 22.0. The van der Waals surface area contributed by atoms with Crippen molar-refractivity contribution in [1.82, 2.24) is 0 Å². The molecule has 1 aliphatic heterocycles. The van der Waals surface area contributed by atoms with Gasteiger partial charge in [-0.05, 0) is 39.3 Å². The molecule has 122 valence electrons. The number of benzene rings is 1. The summed E-state index contributed by atoms with van der Waals surface area (Å²) in [6.07, 6.45) is -7.51. The fraction of sp³-hybridized carbons (Fsp3) is 0.571. The van der Waals surface area contributed by atoms with Gasteiger partial charge in [0, 0.05) is 5.46 Å². The molecule has 0 saturated carbocycles. The standard InChI is InChI=1S/C14H17BF4O3/c1-12(2)13(3,4)22-15(21-12)9-7-8(5-6-10(9)16)11(20)14(17,18)19/h5-7,11,20H,1-4H3. The van der Waals surface area contributed by atoms with Crippen LogP contribution in [0.2, 0.25) is 0 Å². The van der Waals surface area contributed by atoms with Crippen LogP contribution < -0.4 is 5.46 Å². The van der Waals surface area contributed by atoms with Gasteiger partial charge in [-0.25, -0.2) is 4.39 Å². The molecule has 1 heterocycles. The lowest BCUT2D eigenvalue weighted by Crippen LogP contribution is -2.41. The Hall–Kier alpha value is -1.12. The summed E-state index contributed by atoms with van der Waals surface area (Å²) >= 11 is 0. The number of aliphatic hydroxyl groups excluding tert-OH is 1. The maximum Gasteiger partial charge on any atom is 0.497 e. The van der Waals surface area contributed by atoms with Gasteiger partial charge in [-0.15, -0.1) is 0 Å². The van der Waals surface area contributed by atoms with Gasteiger partial charge in [0.05, 0.1) is 11.2 Å². The van der Waals surface area contributed by atoms with E-state index in [1.54, 1.807) is 27.7 Å². The van der Waals surface area contributed by atoms with Gasteiger partial charge < -0.3 is 14.4 Å². The Labute approximate surface area is 126 Å². The molecule has 1 aromatic carbocycles. The van der Waals surface area contributed by atoms with Crippen LogP contribution in [-0.2, 0) is 9.31 Å². The molecule has 1 fully saturated rings. The second kappa shape index (κ2) is 5.21. The molecule has 1 atom stereocenters. The van der Waals surface area contributed by atoms with E-state index in [-0.39, 0.29) is 5.46 Å². The van der Waals surface area contributed by atoms with Crippen molar-refractivity contribution in [1.29, 1.82) is 0 Å². The van der Waals surface area contributed by atoms with E-state index in [1.807, 2.05) is 0 Å². The van der Waals surface area contributed by atoms with Gasteiger partial charge in [0.25, 0.3) is 0 Å². The molecule has 1 aromatic rings. The number of hydrogen-bond donors (Lipinski definition) is 1. The molecule has 22 heavy (non-hydrogen) atoms. The Bertz CT molecular complexity index is 556. The first kappa shape index (κ1) is 17.2. The summed E-state index contributed by atoms with van der Waals surface area (Å²) < 4.78 is 63.0. The van der Waals surface area contributed by atoms with Gasteiger partial charge in [-0.2, -0.15) is 13.2 Å². The zero-order chi connectivity index (χ0) is 16.9. The van der Waals surface area contributed by atoms with Gasteiger partial charge in [0.15, 0.2) is 6.10 Å². The zero-order valence-electron chi connectivity index (χ0n) is 12.7. The molecule has 8 heteroatoms. The Morgan fingerprint density at radius 2 is 1.59 bits per heavy atom. The van der Waals surface area contributed by atoms with E-state index in [0.29, 0.717) is 0 Å². The van der Waals surface area contributed by atoms with Gasteiger partial charge >= 0.3 is 13.3 Å². The van der Waals surface area contributed by atoms with Crippen LogP contribution in [0, 0.1) is 5.82 Å². The summed E-state index contributed by atoms with van der Waals surface area (Å²) in [6, 6.07) is 2.68. The third-order valence-electron chi connectivity index (χ3n) is 4.15. The Kier molecular flexibility index (Phi) is 4.09. The average Bonchev–Trinajstić information content (AvgIpc) is 2.57. The molecule has 1 aliphatic rings. The predicted octanol–water partition coefficient (Wildman–Crippen LogP) is 2.72. The van der Waals surface area contributed by atoms with Crippen LogP contribution in [0.25, 0.3) is 0 Å². The number of rotatable bonds is 2. The topological polar surface area (TPSA) is 38.7 Å². The zero-order valence-corrected chi connectivity index (χ0v) is 12.7. The molecule has 1 N–H and O–H groups in total. The van der Waals surface area contributed by atoms with Crippen molar-refractivity contribution >= 4 is 12.6 Å². The van der Waals surface area contributed by atoms with E-state index in [2.05, 4.69) is 0 Å². The highest BCUT2D eigenvalue weighted by molar-refractivity contribution is 6.62. The smallest absolute Gasteiger partial charge is 0.399 e. The first-order valence-corrected chi connectivity index (χ1v) is 6.75. The van der Waals surface area contributed by atoms with Crippen LogP contribution in [0.15, 0.2) is 18.2 Å². The Morgan fingerprint density at radius 1 is 1.09 bits per heavy atom. The van der Waals surface area contributed by atoms with Gasteiger partial charge in [0.2, 0.25) is 0 Å². The van der Waals surface area contributed by atoms with Gasteiger partial charge in [0.1, 0.15) is 5.82 Å². The third kappa shape index (κ3) is 3.00. The monoisotopic (exact) mass is 320 g/mol. The van der Waals surface area contributed by atoms with Crippen molar-refractivity contribution < 1.29 is 32.0 Å². The maximum absolute atomic E-state index is 14.0. The van der Waals surface area contributed by atoms with Crippen LogP contribution in [0.3, 0.4) is 0 Å². The van der Waals surface area contributed by atoms with E-state index >= 15 is 0 Å². The van der Waals surface area contributed by atoms with Crippen molar-refractivity contribution in [2.75, 3.05) is 0 Å². The van der Waals surface area contributed by atoms with Crippen molar-refractivity contribution in [3.63, 3.8) is 0 Å². The Balaban J connectivity index is 2.37. The lowest BCUT2D eigenvalue weighted by Gasteiger charge is -2.32. The van der Waals surface area contributed by atoms with E-state index < -0.39 is 42.0 Å². The molecule has 1 unspecified atom stereocenters. The lowest BCUT2D eigenvalue weighted by molar-refractivity contribution is -0.206. The van der Waals surface area contributed by atoms with Crippen molar-refractivity contribution in [2.24, 2.45) is 0 Å². The minimum absolute atomic E-state index is 0.167. The molecule has 0 bridgehead atoms. The summed E-state index contributed by atoms with van der Waals surface area (Å²) in [5.74, 6) is -0.753. The van der Waals surface area contributed by atoms with Crippen LogP contribution in [0.4, 0.5) is 17.6 Å². The van der Waals surface area contributed by atoms with Crippen molar-refractivity contribution in [2.45, 2.75) is 51.2 Å². The second-order valence-corrected chi connectivity index (χ2v) is 6.31. The van der Waals surface area contributed by atoms with Gasteiger partial charge in [-0.1, -0.05) is 12.1 Å². The summed E-state index contributed by atoms with van der Waals surface area (Å²) in [5.41, 5.74) is -2.12. The summed E-state index contributed by atoms with van der Waals surface area (Å²) in [6.45, 7) is 7.00. The minimum atomic E-state index is -4.83. The van der Waals surface area contributed by atoms with E-state index in [9.17, 15) is 22.7 Å². The average molecular weight is 320 g/mol. The second-order valence-electron chi connectivity index (χ2n) is 6.31. The number of aliphatic hydroxyl groups is 1. The van der Waals surface area contributed by atoms with Crippen LogP contribution in [0.5, 0.6) is 0 Å².